The van der Waals surface area contributed by atoms with Crippen LogP contribution in [0.5, 0.6) is 0 Å². The molecule has 1 aliphatic rings. The van der Waals surface area contributed by atoms with Gasteiger partial charge in [0, 0.05) is 5.56 Å². The van der Waals surface area contributed by atoms with Crippen LogP contribution in [0.2, 0.25) is 0 Å². The second kappa shape index (κ2) is 3.68. The van der Waals surface area contributed by atoms with Crippen LogP contribution in [0.15, 0.2) is 30.3 Å². The van der Waals surface area contributed by atoms with E-state index in [0.29, 0.717) is 0 Å². The van der Waals surface area contributed by atoms with Crippen molar-refractivity contribution in [3.8, 4) is 0 Å². The average Bonchev–Trinajstić information content (AvgIpc) is 2.20. The van der Waals surface area contributed by atoms with Crippen LogP contribution in [-0.2, 0) is 14.3 Å². The molecule has 0 aromatic heterocycles. The third-order valence-corrected chi connectivity index (χ3v) is 1.86. The summed E-state index contributed by atoms with van der Waals surface area (Å²) in [5.74, 6) is -0.00724. The maximum atomic E-state index is 10.8. The summed E-state index contributed by atoms with van der Waals surface area (Å²) in [6.45, 7) is 0.305. The molecule has 0 spiro atoms. The van der Waals surface area contributed by atoms with Crippen LogP contribution in [0.3, 0.4) is 0 Å². The average molecular weight is 178 g/mol. The molecule has 13 heavy (non-hydrogen) atoms. The van der Waals surface area contributed by atoms with E-state index >= 15 is 0 Å². The molecule has 0 aliphatic carbocycles. The number of hydrogen-bond donors (Lipinski definition) is 0. The van der Waals surface area contributed by atoms with Crippen molar-refractivity contribution in [2.24, 2.45) is 0 Å². The summed E-state index contributed by atoms with van der Waals surface area (Å²) >= 11 is 0. The molecule has 1 fully saturated rings. The molecule has 3 nitrogen and oxygen atoms in total. The van der Waals surface area contributed by atoms with Gasteiger partial charge in [-0.2, -0.15) is 0 Å². The first-order chi connectivity index (χ1) is 6.36. The Morgan fingerprint density at radius 1 is 1.08 bits per heavy atom. The van der Waals surface area contributed by atoms with E-state index in [1.54, 1.807) is 0 Å². The smallest absolute Gasteiger partial charge is 0.184 e. The summed E-state index contributed by atoms with van der Waals surface area (Å²) in [5, 5.41) is 0. The topological polar surface area (TPSA) is 35.5 Å². The van der Waals surface area contributed by atoms with Gasteiger partial charge in [-0.15, -0.1) is 0 Å². The van der Waals surface area contributed by atoms with Crippen molar-refractivity contribution in [1.82, 2.24) is 0 Å². The zero-order chi connectivity index (χ0) is 9.10. The first kappa shape index (κ1) is 8.41. The van der Waals surface area contributed by atoms with Crippen LogP contribution < -0.4 is 0 Å². The van der Waals surface area contributed by atoms with Crippen molar-refractivity contribution in [2.75, 3.05) is 13.2 Å². The van der Waals surface area contributed by atoms with Crippen molar-refractivity contribution in [1.29, 1.82) is 0 Å². The van der Waals surface area contributed by atoms with Gasteiger partial charge < -0.3 is 9.47 Å². The third kappa shape index (κ3) is 1.94. The number of hydrogen-bond acceptors (Lipinski definition) is 3. The van der Waals surface area contributed by atoms with Crippen LogP contribution in [0.4, 0.5) is 0 Å². The SMILES string of the molecule is O=C1COC(c2ccccc2)OC1. The Morgan fingerprint density at radius 3 is 2.31 bits per heavy atom. The highest BCUT2D eigenvalue weighted by Gasteiger charge is 2.20. The van der Waals surface area contributed by atoms with E-state index < -0.39 is 0 Å². The minimum absolute atomic E-state index is 0.00724. The normalized spacial score (nSPS) is 18.9. The Hall–Kier alpha value is -1.19. The predicted molar refractivity (Wildman–Crippen MR) is 46.1 cm³/mol. The lowest BCUT2D eigenvalue weighted by atomic mass is 10.2. The Labute approximate surface area is 76.3 Å². The number of carbonyl (C=O) groups excluding carboxylic acids is 1. The van der Waals surface area contributed by atoms with Crippen LogP contribution in [0.25, 0.3) is 0 Å². The van der Waals surface area contributed by atoms with Gasteiger partial charge in [-0.1, -0.05) is 30.3 Å². The summed E-state index contributed by atoms with van der Waals surface area (Å²) in [5.41, 5.74) is 0.954. The molecule has 0 amide bonds. The van der Waals surface area contributed by atoms with Gasteiger partial charge >= 0.3 is 0 Å². The van der Waals surface area contributed by atoms with Gasteiger partial charge in [0.25, 0.3) is 0 Å². The van der Waals surface area contributed by atoms with Gasteiger partial charge in [-0.05, 0) is 0 Å². The zero-order valence-corrected chi connectivity index (χ0v) is 7.10. The van der Waals surface area contributed by atoms with Gasteiger partial charge in [-0.3, -0.25) is 4.79 Å². The third-order valence-electron chi connectivity index (χ3n) is 1.86. The molecule has 1 aromatic rings. The summed E-state index contributed by atoms with van der Waals surface area (Å²) in [7, 11) is 0. The fourth-order valence-electron chi connectivity index (χ4n) is 1.23. The molecule has 0 unspecified atom stereocenters. The molecular formula is C10H10O3. The Kier molecular flexibility index (Phi) is 2.38. The number of Topliss-reactive ketones (excluding diaryl/α,β-unsaturated/α-hetero) is 1. The Balaban J connectivity index is 2.07. The molecule has 2 rings (SSSR count). The van der Waals surface area contributed by atoms with Gasteiger partial charge in [0.15, 0.2) is 12.1 Å². The molecule has 0 saturated carbocycles. The van der Waals surface area contributed by atoms with E-state index in [9.17, 15) is 4.79 Å². The molecule has 1 heterocycles. The molecule has 0 N–H and O–H groups in total. The lowest BCUT2D eigenvalue weighted by molar-refractivity contribution is -0.188. The molecule has 68 valence electrons. The fraction of sp³-hybridized carbons (Fsp3) is 0.300. The van der Waals surface area contributed by atoms with E-state index in [2.05, 4.69) is 0 Å². The summed E-state index contributed by atoms with van der Waals surface area (Å²) in [6.07, 6.45) is -0.376. The van der Waals surface area contributed by atoms with Gasteiger partial charge in [0.2, 0.25) is 0 Å². The Bertz CT molecular complexity index is 284. The second-order valence-electron chi connectivity index (χ2n) is 2.90. The van der Waals surface area contributed by atoms with E-state index in [-0.39, 0.29) is 25.3 Å². The largest absolute Gasteiger partial charge is 0.340 e. The number of ether oxygens (including phenoxy) is 2. The summed E-state index contributed by atoms with van der Waals surface area (Å²) in [4.78, 5) is 10.8. The Morgan fingerprint density at radius 2 is 1.69 bits per heavy atom. The van der Waals surface area contributed by atoms with Crippen LogP contribution in [0, 0.1) is 0 Å². The van der Waals surface area contributed by atoms with Crippen molar-refractivity contribution in [3.63, 3.8) is 0 Å². The summed E-state index contributed by atoms with van der Waals surface area (Å²) < 4.78 is 10.4. The lowest BCUT2D eigenvalue weighted by Crippen LogP contribution is -2.26. The summed E-state index contributed by atoms with van der Waals surface area (Å²) in [6, 6.07) is 9.59. The lowest BCUT2D eigenvalue weighted by Gasteiger charge is -2.22. The molecule has 0 atom stereocenters. The van der Waals surface area contributed by atoms with Crippen LogP contribution in [0.1, 0.15) is 11.9 Å². The highest BCUT2D eigenvalue weighted by molar-refractivity contribution is 5.81. The molecule has 1 saturated heterocycles. The maximum Gasteiger partial charge on any atom is 0.184 e. The van der Waals surface area contributed by atoms with Crippen molar-refractivity contribution < 1.29 is 14.3 Å². The van der Waals surface area contributed by atoms with E-state index in [1.807, 2.05) is 30.3 Å². The van der Waals surface area contributed by atoms with Gasteiger partial charge in [0.05, 0.1) is 0 Å². The molecule has 3 heteroatoms. The highest BCUT2D eigenvalue weighted by atomic mass is 16.7. The number of carbonyl (C=O) groups is 1. The minimum Gasteiger partial charge on any atom is -0.340 e. The van der Waals surface area contributed by atoms with Crippen molar-refractivity contribution >= 4 is 5.78 Å². The van der Waals surface area contributed by atoms with Gasteiger partial charge in [-0.25, -0.2) is 0 Å². The fourth-order valence-corrected chi connectivity index (χ4v) is 1.23. The minimum atomic E-state index is -0.376. The van der Waals surface area contributed by atoms with Gasteiger partial charge in [0.1, 0.15) is 13.2 Å². The van der Waals surface area contributed by atoms with Crippen LogP contribution >= 0.6 is 0 Å². The number of rotatable bonds is 1. The molecular weight excluding hydrogens is 168 g/mol. The number of ketones is 1. The monoisotopic (exact) mass is 178 g/mol. The quantitative estimate of drug-likeness (QED) is 0.650. The molecule has 0 radical (unpaired) electrons. The maximum absolute atomic E-state index is 10.8. The predicted octanol–water partition coefficient (Wildman–Crippen LogP) is 1.30. The molecule has 1 aromatic carbocycles. The zero-order valence-electron chi connectivity index (χ0n) is 7.10. The highest BCUT2D eigenvalue weighted by Crippen LogP contribution is 2.20. The van der Waals surface area contributed by atoms with Crippen molar-refractivity contribution in [3.05, 3.63) is 35.9 Å². The van der Waals surface area contributed by atoms with E-state index in [0.717, 1.165) is 5.56 Å². The standard InChI is InChI=1S/C10H10O3/c11-9-6-12-10(13-7-9)8-4-2-1-3-5-8/h1-5,10H,6-7H2. The second-order valence-corrected chi connectivity index (χ2v) is 2.90. The van der Waals surface area contributed by atoms with Crippen LogP contribution in [-0.4, -0.2) is 19.0 Å². The van der Waals surface area contributed by atoms with E-state index in [1.165, 1.54) is 0 Å². The van der Waals surface area contributed by atoms with Crippen molar-refractivity contribution in [2.45, 2.75) is 6.29 Å². The number of benzene rings is 1. The first-order valence-corrected chi connectivity index (χ1v) is 4.16. The molecule has 0 bridgehead atoms. The first-order valence-electron chi connectivity index (χ1n) is 4.16. The van der Waals surface area contributed by atoms with E-state index in [4.69, 9.17) is 9.47 Å². The molecule has 1 aliphatic heterocycles.